The van der Waals surface area contributed by atoms with Gasteiger partial charge in [0.2, 0.25) is 5.91 Å². The average Bonchev–Trinajstić information content (AvgIpc) is 2.53. The zero-order valence-electron chi connectivity index (χ0n) is 9.49. The minimum atomic E-state index is -0.430. The zero-order chi connectivity index (χ0) is 11.5. The molecule has 0 unspecified atom stereocenters. The summed E-state index contributed by atoms with van der Waals surface area (Å²) in [7, 11) is 1.81. The molecule has 0 aliphatic rings. The third-order valence-corrected chi connectivity index (χ3v) is 2.87. The number of carbonyl (C=O) groups is 1. The Hall–Kier alpha value is -0.870. The van der Waals surface area contributed by atoms with E-state index in [1.807, 2.05) is 38.4 Å². The third kappa shape index (κ3) is 4.44. The van der Waals surface area contributed by atoms with Crippen molar-refractivity contribution in [1.82, 2.24) is 4.90 Å². The number of nitrogens with two attached hydrogens (primary N) is 1. The second-order valence-electron chi connectivity index (χ2n) is 4.49. The Morgan fingerprint density at radius 2 is 2.27 bits per heavy atom. The minimum Gasteiger partial charge on any atom is -0.341 e. The first-order valence-corrected chi connectivity index (χ1v) is 5.82. The molecule has 1 amide bonds. The molecule has 0 aliphatic heterocycles. The van der Waals surface area contributed by atoms with Gasteiger partial charge >= 0.3 is 0 Å². The molecule has 1 aromatic rings. The predicted molar refractivity (Wildman–Crippen MR) is 63.7 cm³/mol. The van der Waals surface area contributed by atoms with E-state index >= 15 is 0 Å². The third-order valence-electron chi connectivity index (χ3n) is 2.01. The maximum atomic E-state index is 11.7. The summed E-state index contributed by atoms with van der Waals surface area (Å²) in [6.07, 6.45) is 0.384. The average molecular weight is 226 g/mol. The lowest BCUT2D eigenvalue weighted by Gasteiger charge is -2.22. The fourth-order valence-electron chi connectivity index (χ4n) is 1.25. The Bertz CT molecular complexity index is 314. The molecule has 84 valence electrons. The van der Waals surface area contributed by atoms with Crippen molar-refractivity contribution >= 4 is 17.2 Å². The lowest BCUT2D eigenvalue weighted by Crippen LogP contribution is -2.39. The highest BCUT2D eigenvalue weighted by molar-refractivity contribution is 7.09. The molecule has 0 spiro atoms. The molecule has 1 heterocycles. The van der Waals surface area contributed by atoms with Gasteiger partial charge in [-0.25, -0.2) is 0 Å². The quantitative estimate of drug-likeness (QED) is 0.851. The molecule has 0 aliphatic carbocycles. The van der Waals surface area contributed by atoms with Crippen molar-refractivity contribution in [2.45, 2.75) is 32.4 Å². The maximum absolute atomic E-state index is 11.7. The number of amides is 1. The van der Waals surface area contributed by atoms with E-state index in [0.29, 0.717) is 13.0 Å². The van der Waals surface area contributed by atoms with E-state index in [0.717, 1.165) is 0 Å². The van der Waals surface area contributed by atoms with Crippen molar-refractivity contribution in [3.05, 3.63) is 22.4 Å². The topological polar surface area (TPSA) is 46.3 Å². The number of hydrogen-bond donors (Lipinski definition) is 1. The van der Waals surface area contributed by atoms with Crippen LogP contribution in [0.2, 0.25) is 0 Å². The highest BCUT2D eigenvalue weighted by Gasteiger charge is 2.19. The summed E-state index contributed by atoms with van der Waals surface area (Å²) in [4.78, 5) is 14.7. The Labute approximate surface area is 94.9 Å². The molecule has 1 aromatic heterocycles. The lowest BCUT2D eigenvalue weighted by molar-refractivity contribution is -0.131. The van der Waals surface area contributed by atoms with E-state index < -0.39 is 5.54 Å². The highest BCUT2D eigenvalue weighted by atomic mass is 32.1. The van der Waals surface area contributed by atoms with Crippen molar-refractivity contribution in [2.75, 3.05) is 7.05 Å². The van der Waals surface area contributed by atoms with Crippen LogP contribution in [0.15, 0.2) is 17.5 Å². The van der Waals surface area contributed by atoms with Crippen LogP contribution in [0, 0.1) is 0 Å². The number of rotatable bonds is 4. The standard InChI is InChI=1S/C11H18N2OS/c1-11(2,12)7-10(14)13(3)8-9-5-4-6-15-9/h4-6H,7-8,12H2,1-3H3. The summed E-state index contributed by atoms with van der Waals surface area (Å²) in [5, 5.41) is 2.01. The molecule has 4 heteroatoms. The van der Waals surface area contributed by atoms with Crippen LogP contribution in [0.1, 0.15) is 25.1 Å². The Morgan fingerprint density at radius 1 is 1.60 bits per heavy atom. The molecule has 15 heavy (non-hydrogen) atoms. The van der Waals surface area contributed by atoms with Gasteiger partial charge < -0.3 is 10.6 Å². The largest absolute Gasteiger partial charge is 0.341 e. The second-order valence-corrected chi connectivity index (χ2v) is 5.53. The summed E-state index contributed by atoms with van der Waals surface area (Å²) in [5.74, 6) is 0.0934. The minimum absolute atomic E-state index is 0.0934. The molecule has 2 N–H and O–H groups in total. The van der Waals surface area contributed by atoms with E-state index in [2.05, 4.69) is 0 Å². The molecule has 0 atom stereocenters. The molecule has 0 saturated carbocycles. The molecular weight excluding hydrogens is 208 g/mol. The van der Waals surface area contributed by atoms with E-state index in [9.17, 15) is 4.79 Å². The molecule has 0 fully saturated rings. The van der Waals surface area contributed by atoms with E-state index in [1.165, 1.54) is 4.88 Å². The Balaban J connectivity index is 2.47. The van der Waals surface area contributed by atoms with Crippen molar-refractivity contribution in [1.29, 1.82) is 0 Å². The summed E-state index contributed by atoms with van der Waals surface area (Å²) in [5.41, 5.74) is 5.37. The first-order valence-electron chi connectivity index (χ1n) is 4.94. The smallest absolute Gasteiger partial charge is 0.224 e. The number of carbonyl (C=O) groups excluding carboxylic acids is 1. The van der Waals surface area contributed by atoms with Crippen LogP contribution < -0.4 is 5.73 Å². The van der Waals surface area contributed by atoms with Crippen LogP contribution in [0.3, 0.4) is 0 Å². The molecule has 0 bridgehead atoms. The summed E-state index contributed by atoms with van der Waals surface area (Å²) in [6.45, 7) is 4.40. The molecule has 1 rings (SSSR count). The summed E-state index contributed by atoms with van der Waals surface area (Å²) < 4.78 is 0. The van der Waals surface area contributed by atoms with E-state index in [4.69, 9.17) is 5.73 Å². The molecule has 0 radical (unpaired) electrons. The van der Waals surface area contributed by atoms with Gasteiger partial charge in [0.05, 0.1) is 6.54 Å². The SMILES string of the molecule is CN(Cc1cccs1)C(=O)CC(C)(C)N. The van der Waals surface area contributed by atoms with Crippen molar-refractivity contribution < 1.29 is 4.79 Å². The molecule has 3 nitrogen and oxygen atoms in total. The maximum Gasteiger partial charge on any atom is 0.224 e. The van der Waals surface area contributed by atoms with Crippen molar-refractivity contribution in [3.8, 4) is 0 Å². The van der Waals surface area contributed by atoms with Gasteiger partial charge in [0.25, 0.3) is 0 Å². The molecule has 0 saturated heterocycles. The Morgan fingerprint density at radius 3 is 2.73 bits per heavy atom. The van der Waals surface area contributed by atoms with Gasteiger partial charge in [-0.1, -0.05) is 6.07 Å². The van der Waals surface area contributed by atoms with Gasteiger partial charge in [-0.05, 0) is 25.3 Å². The zero-order valence-corrected chi connectivity index (χ0v) is 10.3. The van der Waals surface area contributed by atoms with Crippen LogP contribution in [0.25, 0.3) is 0 Å². The monoisotopic (exact) mass is 226 g/mol. The van der Waals surface area contributed by atoms with Gasteiger partial charge in [0.15, 0.2) is 0 Å². The van der Waals surface area contributed by atoms with Gasteiger partial charge in [-0.15, -0.1) is 11.3 Å². The predicted octanol–water partition coefficient (Wildman–Crippen LogP) is 1.83. The second kappa shape index (κ2) is 4.77. The number of thiophene rings is 1. The fraction of sp³-hybridized carbons (Fsp3) is 0.545. The first kappa shape index (κ1) is 12.2. The van der Waals surface area contributed by atoms with Gasteiger partial charge in [-0.2, -0.15) is 0 Å². The fourth-order valence-corrected chi connectivity index (χ4v) is 2.01. The van der Waals surface area contributed by atoms with Crippen LogP contribution in [0.4, 0.5) is 0 Å². The van der Waals surface area contributed by atoms with Crippen LogP contribution in [0.5, 0.6) is 0 Å². The van der Waals surface area contributed by atoms with Gasteiger partial charge in [0.1, 0.15) is 0 Å². The number of nitrogens with zero attached hydrogens (tertiary/aromatic N) is 1. The van der Waals surface area contributed by atoms with Crippen LogP contribution >= 0.6 is 11.3 Å². The van der Waals surface area contributed by atoms with E-state index in [1.54, 1.807) is 16.2 Å². The van der Waals surface area contributed by atoms with Crippen LogP contribution in [-0.2, 0) is 11.3 Å². The van der Waals surface area contributed by atoms with Crippen molar-refractivity contribution in [2.24, 2.45) is 5.73 Å². The molecular formula is C11H18N2OS. The molecule has 0 aromatic carbocycles. The van der Waals surface area contributed by atoms with E-state index in [-0.39, 0.29) is 5.91 Å². The van der Waals surface area contributed by atoms with Gasteiger partial charge in [0, 0.05) is 23.9 Å². The highest BCUT2D eigenvalue weighted by Crippen LogP contribution is 2.13. The summed E-state index contributed by atoms with van der Waals surface area (Å²) in [6, 6.07) is 4.02. The normalized spacial score (nSPS) is 11.5. The number of hydrogen-bond acceptors (Lipinski definition) is 3. The Kier molecular flexibility index (Phi) is 3.88. The first-order chi connectivity index (χ1) is 6.88. The summed E-state index contributed by atoms with van der Waals surface area (Å²) >= 11 is 1.66. The van der Waals surface area contributed by atoms with Crippen molar-refractivity contribution in [3.63, 3.8) is 0 Å². The van der Waals surface area contributed by atoms with Gasteiger partial charge in [-0.3, -0.25) is 4.79 Å². The van der Waals surface area contributed by atoms with Crippen LogP contribution in [-0.4, -0.2) is 23.4 Å². The lowest BCUT2D eigenvalue weighted by atomic mass is 10.0.